The Labute approximate surface area is 166 Å². The first-order valence-corrected chi connectivity index (χ1v) is 10.3. The third kappa shape index (κ3) is 5.74. The van der Waals surface area contributed by atoms with Crippen molar-refractivity contribution in [3.63, 3.8) is 0 Å². The zero-order chi connectivity index (χ0) is 19.7. The highest BCUT2D eigenvalue weighted by Gasteiger charge is 2.27. The highest BCUT2D eigenvalue weighted by Crippen LogP contribution is 2.35. The van der Waals surface area contributed by atoms with E-state index in [-0.39, 0.29) is 22.4 Å². The molecule has 0 unspecified atom stereocenters. The second-order valence-corrected chi connectivity index (χ2v) is 10.5. The van der Waals surface area contributed by atoms with Crippen molar-refractivity contribution in [2.24, 2.45) is 10.8 Å². The lowest BCUT2D eigenvalue weighted by atomic mass is 9.77. The summed E-state index contributed by atoms with van der Waals surface area (Å²) in [6.45, 7) is 8.58. The highest BCUT2D eigenvalue weighted by atomic mass is 32.1. The van der Waals surface area contributed by atoms with Crippen molar-refractivity contribution in [1.82, 2.24) is 0 Å². The predicted octanol–water partition coefficient (Wildman–Crippen LogP) is 6.41. The van der Waals surface area contributed by atoms with Crippen molar-refractivity contribution >= 4 is 35.1 Å². The molecule has 2 aliphatic rings. The summed E-state index contributed by atoms with van der Waals surface area (Å²) < 4.78 is 0. The van der Waals surface area contributed by atoms with Crippen LogP contribution in [0, 0.1) is 10.8 Å². The maximum atomic E-state index is 11.9. The molecular weight excluding hydrogens is 352 g/mol. The van der Waals surface area contributed by atoms with Crippen molar-refractivity contribution in [3.8, 4) is 0 Å². The Morgan fingerprint density at radius 1 is 0.704 bits per heavy atom. The third-order valence-electron chi connectivity index (χ3n) is 4.93. The number of carbonyl (C=O) groups excluding carboxylic acids is 2. The molecule has 27 heavy (non-hydrogen) atoms. The molecule has 0 radical (unpaired) electrons. The number of allylic oxidation sites excluding steroid dienone is 6. The van der Waals surface area contributed by atoms with Crippen LogP contribution in [0.5, 0.6) is 0 Å². The molecule has 3 rings (SSSR count). The van der Waals surface area contributed by atoms with Crippen molar-refractivity contribution < 1.29 is 9.59 Å². The predicted molar refractivity (Wildman–Crippen MR) is 115 cm³/mol. The molecule has 2 aliphatic carbocycles. The van der Waals surface area contributed by atoms with Gasteiger partial charge in [-0.25, -0.2) is 0 Å². The van der Waals surface area contributed by atoms with Gasteiger partial charge in [0.05, 0.1) is 0 Å². The molecule has 1 aromatic heterocycles. The van der Waals surface area contributed by atoms with Crippen molar-refractivity contribution in [1.29, 1.82) is 0 Å². The molecule has 2 nitrogen and oxygen atoms in total. The molecule has 1 heterocycles. The molecule has 142 valence electrons. The molecule has 0 spiro atoms. The SMILES string of the molecule is CC1(C)CC(=O)C=C(/C=C\c2ccc(/C=C\C3=CC(=O)CC(C)(C)C3)s2)C1. The summed E-state index contributed by atoms with van der Waals surface area (Å²) in [6.07, 6.45) is 15.0. The number of hydrogen-bond acceptors (Lipinski definition) is 3. The number of thiophene rings is 1. The van der Waals surface area contributed by atoms with Crippen LogP contribution in [0.4, 0.5) is 0 Å². The van der Waals surface area contributed by atoms with Gasteiger partial charge >= 0.3 is 0 Å². The Balaban J connectivity index is 1.67. The molecule has 0 saturated heterocycles. The Bertz CT molecular complexity index is 801. The van der Waals surface area contributed by atoms with E-state index < -0.39 is 0 Å². The fourth-order valence-corrected chi connectivity index (χ4v) is 4.75. The Morgan fingerprint density at radius 3 is 1.48 bits per heavy atom. The van der Waals surface area contributed by atoms with Gasteiger partial charge in [0.15, 0.2) is 11.6 Å². The monoisotopic (exact) mass is 380 g/mol. The Kier molecular flexibility index (Phi) is 5.53. The molecule has 0 N–H and O–H groups in total. The van der Waals surface area contributed by atoms with Gasteiger partial charge in [0.2, 0.25) is 0 Å². The van der Waals surface area contributed by atoms with Gasteiger partial charge in [0.25, 0.3) is 0 Å². The molecule has 0 aliphatic heterocycles. The second kappa shape index (κ2) is 7.55. The molecule has 0 amide bonds. The lowest BCUT2D eigenvalue weighted by Crippen LogP contribution is -2.21. The van der Waals surface area contributed by atoms with Gasteiger partial charge < -0.3 is 0 Å². The fraction of sp³-hybridized carbons (Fsp3) is 0.417. The van der Waals surface area contributed by atoms with Gasteiger partial charge in [-0.2, -0.15) is 0 Å². The molecule has 0 atom stereocenters. The summed E-state index contributed by atoms with van der Waals surface area (Å²) in [7, 11) is 0. The smallest absolute Gasteiger partial charge is 0.156 e. The zero-order valence-corrected chi connectivity index (χ0v) is 17.5. The number of ketones is 2. The van der Waals surface area contributed by atoms with Crippen molar-refractivity contribution in [2.75, 3.05) is 0 Å². The number of rotatable bonds is 4. The van der Waals surface area contributed by atoms with E-state index >= 15 is 0 Å². The van der Waals surface area contributed by atoms with E-state index in [4.69, 9.17) is 0 Å². The summed E-state index contributed by atoms with van der Waals surface area (Å²) in [5.74, 6) is 0.442. The van der Waals surface area contributed by atoms with E-state index in [2.05, 4.69) is 64.1 Å². The van der Waals surface area contributed by atoms with Crippen molar-refractivity contribution in [2.45, 2.75) is 53.4 Å². The minimum Gasteiger partial charge on any atom is -0.295 e. The average Bonchev–Trinajstić information content (AvgIpc) is 2.95. The molecule has 0 fully saturated rings. The zero-order valence-electron chi connectivity index (χ0n) is 16.7. The van der Waals surface area contributed by atoms with Crippen LogP contribution in [0.15, 0.2) is 47.6 Å². The normalized spacial score (nSPS) is 22.4. The molecule has 0 saturated carbocycles. The van der Waals surface area contributed by atoms with Gasteiger partial charge in [-0.05, 0) is 71.3 Å². The minimum absolute atomic E-state index is 0.0494. The van der Waals surface area contributed by atoms with E-state index in [1.165, 1.54) is 9.75 Å². The van der Waals surface area contributed by atoms with Crippen LogP contribution in [0.2, 0.25) is 0 Å². The van der Waals surface area contributed by atoms with E-state index in [1.807, 2.05) is 0 Å². The van der Waals surface area contributed by atoms with Crippen LogP contribution in [0.25, 0.3) is 12.2 Å². The topological polar surface area (TPSA) is 34.1 Å². The summed E-state index contributed by atoms with van der Waals surface area (Å²) in [5.41, 5.74) is 2.31. The number of hydrogen-bond donors (Lipinski definition) is 0. The van der Waals surface area contributed by atoms with Crippen LogP contribution in [0.1, 0.15) is 63.1 Å². The van der Waals surface area contributed by atoms with Gasteiger partial charge in [0, 0.05) is 22.6 Å². The second-order valence-electron chi connectivity index (χ2n) is 9.31. The summed E-state index contributed by atoms with van der Waals surface area (Å²) in [6, 6.07) is 4.20. The molecular formula is C24H28O2S. The van der Waals surface area contributed by atoms with E-state index in [1.54, 1.807) is 23.5 Å². The molecule has 0 aromatic carbocycles. The summed E-state index contributed by atoms with van der Waals surface area (Å²) in [5, 5.41) is 0. The van der Waals surface area contributed by atoms with Crippen LogP contribution in [-0.2, 0) is 9.59 Å². The number of carbonyl (C=O) groups is 2. The first-order valence-electron chi connectivity index (χ1n) is 9.53. The third-order valence-corrected chi connectivity index (χ3v) is 5.95. The maximum Gasteiger partial charge on any atom is 0.156 e. The minimum atomic E-state index is 0.0494. The molecule has 3 heteroatoms. The lowest BCUT2D eigenvalue weighted by molar-refractivity contribution is -0.117. The molecule has 1 aromatic rings. The Hall–Kier alpha value is -2.00. The maximum absolute atomic E-state index is 11.9. The van der Waals surface area contributed by atoms with E-state index in [0.717, 1.165) is 24.0 Å². The first kappa shape index (κ1) is 19.8. The standard InChI is InChI=1S/C24H28O2S/c1-23(2)13-17(11-19(25)15-23)5-7-21-9-10-22(27-21)8-6-18-12-20(26)16-24(3,4)14-18/h5-12H,13-16H2,1-4H3/b7-5-,8-6-. The highest BCUT2D eigenvalue weighted by molar-refractivity contribution is 7.13. The average molecular weight is 381 g/mol. The van der Waals surface area contributed by atoms with E-state index in [9.17, 15) is 9.59 Å². The van der Waals surface area contributed by atoms with Crippen LogP contribution in [0.3, 0.4) is 0 Å². The summed E-state index contributed by atoms with van der Waals surface area (Å²) in [4.78, 5) is 26.1. The fourth-order valence-electron chi connectivity index (χ4n) is 3.93. The van der Waals surface area contributed by atoms with Gasteiger partial charge in [-0.15, -0.1) is 11.3 Å². The largest absolute Gasteiger partial charge is 0.295 e. The quantitative estimate of drug-likeness (QED) is 0.605. The lowest BCUT2D eigenvalue weighted by Gasteiger charge is -2.27. The van der Waals surface area contributed by atoms with Crippen LogP contribution >= 0.6 is 11.3 Å². The van der Waals surface area contributed by atoms with Crippen LogP contribution < -0.4 is 0 Å². The Morgan fingerprint density at radius 2 is 1.11 bits per heavy atom. The van der Waals surface area contributed by atoms with Gasteiger partial charge in [-0.1, -0.05) is 39.8 Å². The van der Waals surface area contributed by atoms with Gasteiger partial charge in [-0.3, -0.25) is 9.59 Å². The van der Waals surface area contributed by atoms with Gasteiger partial charge in [0.1, 0.15) is 0 Å². The first-order chi connectivity index (χ1) is 12.6. The van der Waals surface area contributed by atoms with Crippen molar-refractivity contribution in [3.05, 3.63) is 57.3 Å². The summed E-state index contributed by atoms with van der Waals surface area (Å²) >= 11 is 1.71. The van der Waals surface area contributed by atoms with Crippen LogP contribution in [-0.4, -0.2) is 11.6 Å². The van der Waals surface area contributed by atoms with E-state index in [0.29, 0.717) is 12.8 Å². The molecule has 0 bridgehead atoms.